The van der Waals surface area contributed by atoms with Gasteiger partial charge < -0.3 is 19.3 Å². The standard InChI is InChI=1S/C29H32N2O4/c32-28(30-12-14-35-15-13-30)22-16-20-8-4-5-9-23(20)27-26(19-6-2-1-3-7-19)24-11-10-21(29(33)34)17-25(24)31(27)18-22/h4-5,8-11,17,19,22H,1-3,6-7,12-16,18H2,(H,33,34)/t22-/m1/s1. The Hall–Kier alpha value is -3.12. The average Bonchev–Trinajstić information content (AvgIpc) is 3.11. The summed E-state index contributed by atoms with van der Waals surface area (Å²) in [6.07, 6.45) is 6.74. The third-order valence-electron chi connectivity index (χ3n) is 8.18. The topological polar surface area (TPSA) is 71.8 Å². The van der Waals surface area contributed by atoms with E-state index in [0.717, 1.165) is 23.7 Å². The lowest BCUT2D eigenvalue weighted by molar-refractivity contribution is -0.140. The Bertz CT molecular complexity index is 1280. The van der Waals surface area contributed by atoms with Gasteiger partial charge >= 0.3 is 5.97 Å². The van der Waals surface area contributed by atoms with Gasteiger partial charge in [0.2, 0.25) is 5.91 Å². The zero-order valence-corrected chi connectivity index (χ0v) is 20.0. The Labute approximate surface area is 205 Å². The van der Waals surface area contributed by atoms with Crippen molar-refractivity contribution in [3.63, 3.8) is 0 Å². The molecule has 0 bridgehead atoms. The van der Waals surface area contributed by atoms with Crippen LogP contribution >= 0.6 is 0 Å². The van der Waals surface area contributed by atoms with Crippen LogP contribution < -0.4 is 0 Å². The number of carbonyl (C=O) groups is 2. The number of morpholine rings is 1. The summed E-state index contributed by atoms with van der Waals surface area (Å²) >= 11 is 0. The Balaban J connectivity index is 1.56. The quantitative estimate of drug-likeness (QED) is 0.577. The van der Waals surface area contributed by atoms with E-state index in [-0.39, 0.29) is 11.8 Å². The van der Waals surface area contributed by atoms with Crippen LogP contribution in [0.3, 0.4) is 0 Å². The molecule has 1 aromatic heterocycles. The Morgan fingerprint density at radius 2 is 1.74 bits per heavy atom. The van der Waals surface area contributed by atoms with Crippen LogP contribution in [0.15, 0.2) is 42.5 Å². The first-order valence-electron chi connectivity index (χ1n) is 13.0. The van der Waals surface area contributed by atoms with Gasteiger partial charge in [0.05, 0.1) is 30.4 Å². The van der Waals surface area contributed by atoms with E-state index >= 15 is 0 Å². The average molecular weight is 473 g/mol. The van der Waals surface area contributed by atoms with Crippen LogP contribution in [-0.4, -0.2) is 52.8 Å². The van der Waals surface area contributed by atoms with Crippen LogP contribution in [0.5, 0.6) is 0 Å². The van der Waals surface area contributed by atoms with E-state index < -0.39 is 5.97 Å². The predicted octanol–water partition coefficient (Wildman–Crippen LogP) is 5.09. The summed E-state index contributed by atoms with van der Waals surface area (Å²) in [5.74, 6) is -0.487. The molecule has 1 amide bonds. The second-order valence-corrected chi connectivity index (χ2v) is 10.2. The summed E-state index contributed by atoms with van der Waals surface area (Å²) in [5, 5.41) is 10.9. The third kappa shape index (κ3) is 3.94. The molecule has 1 N–H and O–H groups in total. The number of amides is 1. The monoisotopic (exact) mass is 472 g/mol. The number of fused-ring (bicyclic) bond motifs is 5. The number of carboxylic acids is 1. The lowest BCUT2D eigenvalue weighted by Crippen LogP contribution is -2.45. The van der Waals surface area contributed by atoms with Crippen LogP contribution in [0.4, 0.5) is 0 Å². The van der Waals surface area contributed by atoms with Crippen LogP contribution in [0, 0.1) is 5.92 Å². The molecule has 2 aliphatic heterocycles. The van der Waals surface area contributed by atoms with Crippen LogP contribution in [0.2, 0.25) is 0 Å². The fourth-order valence-corrected chi connectivity index (χ4v) is 6.48. The second kappa shape index (κ2) is 9.15. The molecule has 2 aromatic carbocycles. The molecule has 35 heavy (non-hydrogen) atoms. The van der Waals surface area contributed by atoms with Crippen LogP contribution in [0.25, 0.3) is 22.2 Å². The molecule has 1 aliphatic carbocycles. The number of carbonyl (C=O) groups excluding carboxylic acids is 1. The van der Waals surface area contributed by atoms with Crippen molar-refractivity contribution in [3.8, 4) is 11.3 Å². The highest BCUT2D eigenvalue weighted by Crippen LogP contribution is 2.46. The molecule has 1 saturated carbocycles. The number of aromatic nitrogens is 1. The molecule has 1 saturated heterocycles. The smallest absolute Gasteiger partial charge is 0.335 e. The highest BCUT2D eigenvalue weighted by Gasteiger charge is 2.34. The lowest BCUT2D eigenvalue weighted by Gasteiger charge is -2.30. The Kier molecular flexibility index (Phi) is 5.85. The molecule has 3 heterocycles. The molecular weight excluding hydrogens is 440 g/mol. The first kappa shape index (κ1) is 22.4. The summed E-state index contributed by atoms with van der Waals surface area (Å²) in [5.41, 5.74) is 6.18. The molecule has 0 unspecified atom stereocenters. The highest BCUT2D eigenvalue weighted by molar-refractivity contribution is 5.99. The number of hydrogen-bond acceptors (Lipinski definition) is 3. The first-order chi connectivity index (χ1) is 17.1. The Morgan fingerprint density at radius 1 is 0.971 bits per heavy atom. The van der Waals surface area contributed by atoms with Crippen molar-refractivity contribution < 1.29 is 19.4 Å². The predicted molar refractivity (Wildman–Crippen MR) is 135 cm³/mol. The van der Waals surface area contributed by atoms with E-state index in [9.17, 15) is 14.7 Å². The van der Waals surface area contributed by atoms with Crippen molar-refractivity contribution in [2.45, 2.75) is 51.0 Å². The van der Waals surface area contributed by atoms with Crippen molar-refractivity contribution in [3.05, 3.63) is 59.2 Å². The summed E-state index contributed by atoms with van der Waals surface area (Å²) in [6, 6.07) is 14.1. The van der Waals surface area contributed by atoms with Gasteiger partial charge in [-0.05, 0) is 48.4 Å². The van der Waals surface area contributed by atoms with E-state index in [0.29, 0.717) is 50.8 Å². The molecule has 3 aromatic rings. The number of carboxylic acid groups (broad SMARTS) is 1. The van der Waals surface area contributed by atoms with Gasteiger partial charge in [-0.2, -0.15) is 0 Å². The Morgan fingerprint density at radius 3 is 2.51 bits per heavy atom. The third-order valence-corrected chi connectivity index (χ3v) is 8.18. The van der Waals surface area contributed by atoms with Crippen molar-refractivity contribution in [1.29, 1.82) is 0 Å². The number of rotatable bonds is 3. The molecule has 0 spiro atoms. The normalized spacial score (nSPS) is 20.8. The largest absolute Gasteiger partial charge is 0.478 e. The van der Waals surface area contributed by atoms with Gasteiger partial charge in [0.1, 0.15) is 0 Å². The molecule has 6 rings (SSSR count). The van der Waals surface area contributed by atoms with Gasteiger partial charge in [-0.1, -0.05) is 49.6 Å². The van der Waals surface area contributed by atoms with Gasteiger partial charge in [0.15, 0.2) is 0 Å². The number of aromatic carboxylic acids is 1. The molecule has 2 fully saturated rings. The van der Waals surface area contributed by atoms with Crippen molar-refractivity contribution >= 4 is 22.8 Å². The van der Waals surface area contributed by atoms with Gasteiger partial charge in [0.25, 0.3) is 0 Å². The zero-order valence-electron chi connectivity index (χ0n) is 20.0. The molecular formula is C29H32N2O4. The minimum absolute atomic E-state index is 0.173. The van der Waals surface area contributed by atoms with Crippen LogP contribution in [-0.2, 0) is 22.5 Å². The molecule has 3 aliphatic rings. The first-order valence-corrected chi connectivity index (χ1v) is 13.0. The second-order valence-electron chi connectivity index (χ2n) is 10.2. The molecule has 1 atom stereocenters. The summed E-state index contributed by atoms with van der Waals surface area (Å²) < 4.78 is 7.76. The lowest BCUT2D eigenvalue weighted by atomic mass is 9.81. The molecule has 182 valence electrons. The highest BCUT2D eigenvalue weighted by atomic mass is 16.5. The minimum Gasteiger partial charge on any atom is -0.478 e. The van der Waals surface area contributed by atoms with E-state index in [4.69, 9.17) is 4.74 Å². The zero-order chi connectivity index (χ0) is 23.9. The molecule has 0 radical (unpaired) electrons. The van der Waals surface area contributed by atoms with E-state index in [2.05, 4.69) is 28.8 Å². The number of benzene rings is 2. The summed E-state index contributed by atoms with van der Waals surface area (Å²) in [6.45, 7) is 2.99. The van der Waals surface area contributed by atoms with Crippen molar-refractivity contribution in [2.75, 3.05) is 26.3 Å². The maximum absolute atomic E-state index is 13.7. The number of hydrogen-bond donors (Lipinski definition) is 1. The summed E-state index contributed by atoms with van der Waals surface area (Å²) in [4.78, 5) is 27.5. The van der Waals surface area contributed by atoms with E-state index in [1.807, 2.05) is 17.0 Å². The van der Waals surface area contributed by atoms with Gasteiger partial charge in [-0.3, -0.25) is 4.79 Å². The van der Waals surface area contributed by atoms with Gasteiger partial charge in [-0.25, -0.2) is 4.79 Å². The summed E-state index contributed by atoms with van der Waals surface area (Å²) in [7, 11) is 0. The number of nitrogens with zero attached hydrogens (tertiary/aromatic N) is 2. The molecule has 6 heteroatoms. The van der Waals surface area contributed by atoms with Crippen molar-refractivity contribution in [1.82, 2.24) is 9.47 Å². The fourth-order valence-electron chi connectivity index (χ4n) is 6.48. The molecule has 6 nitrogen and oxygen atoms in total. The van der Waals surface area contributed by atoms with E-state index in [1.54, 1.807) is 6.07 Å². The number of ether oxygens (including phenoxy) is 1. The SMILES string of the molecule is O=C(O)c1ccc2c(C3CCCCC3)c3n(c2c1)C[C@H](C(=O)N1CCOCC1)Cc1ccccc1-3. The van der Waals surface area contributed by atoms with Crippen LogP contribution in [0.1, 0.15) is 59.5 Å². The van der Waals surface area contributed by atoms with Gasteiger partial charge in [-0.15, -0.1) is 0 Å². The van der Waals surface area contributed by atoms with E-state index in [1.165, 1.54) is 41.6 Å². The maximum atomic E-state index is 13.7. The minimum atomic E-state index is -0.920. The van der Waals surface area contributed by atoms with Gasteiger partial charge in [0, 0.05) is 36.1 Å². The maximum Gasteiger partial charge on any atom is 0.335 e. The van der Waals surface area contributed by atoms with Crippen molar-refractivity contribution in [2.24, 2.45) is 5.92 Å². The fraction of sp³-hybridized carbons (Fsp3) is 0.448.